The smallest absolute Gasteiger partial charge is 0.323 e. The highest BCUT2D eigenvalue weighted by Gasteiger charge is 2.31. The summed E-state index contributed by atoms with van der Waals surface area (Å²) in [7, 11) is 0. The van der Waals surface area contributed by atoms with Crippen molar-refractivity contribution in [2.24, 2.45) is 11.1 Å². The van der Waals surface area contributed by atoms with E-state index in [1.165, 1.54) is 12.1 Å². The van der Waals surface area contributed by atoms with E-state index in [1.807, 2.05) is 6.92 Å². The van der Waals surface area contributed by atoms with Gasteiger partial charge in [0.25, 0.3) is 0 Å². The van der Waals surface area contributed by atoms with Crippen LogP contribution in [0.4, 0.5) is 0 Å². The van der Waals surface area contributed by atoms with Crippen molar-refractivity contribution >= 4 is 11.9 Å². The molecule has 0 saturated carbocycles. The Bertz CT molecular complexity index is 643. The van der Waals surface area contributed by atoms with E-state index in [0.29, 0.717) is 12.0 Å². The fourth-order valence-electron chi connectivity index (χ4n) is 1.97. The van der Waals surface area contributed by atoms with Crippen LogP contribution in [0, 0.1) is 5.41 Å². The van der Waals surface area contributed by atoms with Crippen molar-refractivity contribution in [2.45, 2.75) is 65.7 Å². The zero-order chi connectivity index (χ0) is 20.1. The molecule has 3 atom stereocenters. The molecule has 0 aliphatic rings. The summed E-state index contributed by atoms with van der Waals surface area (Å²) in [6.07, 6.45) is -0.492. The number of carbonyl (C=O) groups is 2. The Hall–Kier alpha value is -2.28. The third-order valence-corrected chi connectivity index (χ3v) is 4.49. The van der Waals surface area contributed by atoms with Crippen LogP contribution in [0.1, 0.15) is 46.6 Å². The molecule has 1 unspecified atom stereocenters. The lowest BCUT2D eigenvalue weighted by atomic mass is 9.90. The number of hydrogen-bond acceptors (Lipinski definition) is 7. The number of nitrogens with two attached hydrogens (primary N) is 1. The highest BCUT2D eigenvalue weighted by atomic mass is 16.6. The molecule has 146 valence electrons. The first-order valence-electron chi connectivity index (χ1n) is 8.66. The minimum Gasteiger partial charge on any atom is -0.504 e. The second kappa shape index (κ2) is 8.89. The lowest BCUT2D eigenvalue weighted by Crippen LogP contribution is -2.40. The Balaban J connectivity index is 2.59. The highest BCUT2D eigenvalue weighted by Crippen LogP contribution is 2.25. The molecule has 0 spiro atoms. The maximum absolute atomic E-state index is 12.2. The van der Waals surface area contributed by atoms with Crippen LogP contribution in [-0.4, -0.2) is 40.4 Å². The SMILES string of the molecule is CCC(C)(C)C(=O)OC(C)[C@H](C)OC(=O)[C@@H](N)Cc1ccc(O)c(O)c1. The second-order valence-electron chi connectivity index (χ2n) is 7.12. The summed E-state index contributed by atoms with van der Waals surface area (Å²) in [5.74, 6) is -1.51. The molecule has 0 heterocycles. The first-order valence-corrected chi connectivity index (χ1v) is 8.66. The minimum atomic E-state index is -0.948. The quantitative estimate of drug-likeness (QED) is 0.476. The Kier molecular flexibility index (Phi) is 7.44. The van der Waals surface area contributed by atoms with E-state index >= 15 is 0 Å². The van der Waals surface area contributed by atoms with Gasteiger partial charge in [0.15, 0.2) is 11.5 Å². The van der Waals surface area contributed by atoms with Crippen LogP contribution in [-0.2, 0) is 25.5 Å². The van der Waals surface area contributed by atoms with E-state index in [9.17, 15) is 19.8 Å². The first-order chi connectivity index (χ1) is 12.0. The van der Waals surface area contributed by atoms with Gasteiger partial charge in [0, 0.05) is 0 Å². The Labute approximate surface area is 154 Å². The largest absolute Gasteiger partial charge is 0.504 e. The number of benzene rings is 1. The van der Waals surface area contributed by atoms with Gasteiger partial charge in [-0.25, -0.2) is 0 Å². The van der Waals surface area contributed by atoms with Crippen molar-refractivity contribution in [2.75, 3.05) is 0 Å². The summed E-state index contributed by atoms with van der Waals surface area (Å²) in [4.78, 5) is 24.3. The summed E-state index contributed by atoms with van der Waals surface area (Å²) in [5, 5.41) is 18.8. The van der Waals surface area contributed by atoms with Gasteiger partial charge < -0.3 is 25.4 Å². The fraction of sp³-hybridized carbons (Fsp3) is 0.579. The molecule has 0 aromatic heterocycles. The number of esters is 2. The zero-order valence-corrected chi connectivity index (χ0v) is 16.0. The molecule has 0 saturated heterocycles. The van der Waals surface area contributed by atoms with Gasteiger partial charge in [-0.2, -0.15) is 0 Å². The summed E-state index contributed by atoms with van der Waals surface area (Å²) >= 11 is 0. The summed E-state index contributed by atoms with van der Waals surface area (Å²) in [5.41, 5.74) is 5.83. The van der Waals surface area contributed by atoms with Gasteiger partial charge in [-0.1, -0.05) is 13.0 Å². The number of hydrogen-bond donors (Lipinski definition) is 3. The van der Waals surface area contributed by atoms with Crippen molar-refractivity contribution in [1.29, 1.82) is 0 Å². The average Bonchev–Trinajstić information content (AvgIpc) is 2.57. The van der Waals surface area contributed by atoms with Crippen LogP contribution >= 0.6 is 0 Å². The lowest BCUT2D eigenvalue weighted by Gasteiger charge is -2.27. The minimum absolute atomic E-state index is 0.135. The van der Waals surface area contributed by atoms with Crippen molar-refractivity contribution < 1.29 is 29.3 Å². The molecule has 0 aliphatic heterocycles. The molecule has 4 N–H and O–H groups in total. The number of aromatic hydroxyl groups is 2. The van der Waals surface area contributed by atoms with E-state index < -0.39 is 29.6 Å². The van der Waals surface area contributed by atoms with Crippen LogP contribution in [0.15, 0.2) is 18.2 Å². The molecule has 0 fully saturated rings. The normalized spacial score (nSPS) is 15.0. The molecule has 0 amide bonds. The van der Waals surface area contributed by atoms with Crippen LogP contribution in [0.25, 0.3) is 0 Å². The highest BCUT2D eigenvalue weighted by molar-refractivity contribution is 5.77. The zero-order valence-electron chi connectivity index (χ0n) is 16.0. The molecule has 7 nitrogen and oxygen atoms in total. The van der Waals surface area contributed by atoms with Gasteiger partial charge in [-0.15, -0.1) is 0 Å². The summed E-state index contributed by atoms with van der Waals surface area (Å²) < 4.78 is 10.7. The van der Waals surface area contributed by atoms with Gasteiger partial charge >= 0.3 is 11.9 Å². The van der Waals surface area contributed by atoms with Gasteiger partial charge in [0.1, 0.15) is 18.2 Å². The van der Waals surface area contributed by atoms with E-state index in [1.54, 1.807) is 33.8 Å². The number of carbonyl (C=O) groups excluding carboxylic acids is 2. The van der Waals surface area contributed by atoms with Crippen molar-refractivity contribution in [3.8, 4) is 11.5 Å². The summed E-state index contributed by atoms with van der Waals surface area (Å²) in [6.45, 7) is 8.78. The number of phenolic OH excluding ortho intramolecular Hbond substituents is 2. The van der Waals surface area contributed by atoms with E-state index in [2.05, 4.69) is 0 Å². The number of rotatable bonds is 8. The van der Waals surface area contributed by atoms with Crippen LogP contribution in [0.3, 0.4) is 0 Å². The fourth-order valence-corrected chi connectivity index (χ4v) is 1.97. The molecule has 26 heavy (non-hydrogen) atoms. The van der Waals surface area contributed by atoms with Crippen LogP contribution in [0.2, 0.25) is 0 Å². The third kappa shape index (κ3) is 5.91. The third-order valence-electron chi connectivity index (χ3n) is 4.49. The van der Waals surface area contributed by atoms with E-state index in [4.69, 9.17) is 15.2 Å². The van der Waals surface area contributed by atoms with Crippen molar-refractivity contribution in [3.05, 3.63) is 23.8 Å². The first kappa shape index (κ1) is 21.8. The molecule has 0 aliphatic carbocycles. The Morgan fingerprint density at radius 3 is 2.23 bits per heavy atom. The molecule has 0 bridgehead atoms. The van der Waals surface area contributed by atoms with Crippen molar-refractivity contribution in [3.63, 3.8) is 0 Å². The van der Waals surface area contributed by atoms with Crippen molar-refractivity contribution in [1.82, 2.24) is 0 Å². The molecule has 0 radical (unpaired) electrons. The molecule has 1 aromatic rings. The van der Waals surface area contributed by atoms with Crippen LogP contribution < -0.4 is 5.73 Å². The van der Waals surface area contributed by atoms with E-state index in [-0.39, 0.29) is 23.9 Å². The standard InChI is InChI=1S/C19H29NO6/c1-6-19(4,5)18(24)26-12(3)11(2)25-17(23)14(20)9-13-7-8-15(21)16(22)10-13/h7-8,10-12,14,21-22H,6,9,20H2,1-5H3/t11-,12?,14-/m0/s1. The second-order valence-corrected chi connectivity index (χ2v) is 7.12. The average molecular weight is 367 g/mol. The molecular weight excluding hydrogens is 338 g/mol. The topological polar surface area (TPSA) is 119 Å². The molecule has 7 heteroatoms. The maximum Gasteiger partial charge on any atom is 0.323 e. The van der Waals surface area contributed by atoms with Gasteiger partial charge in [0.05, 0.1) is 5.41 Å². The number of phenols is 2. The maximum atomic E-state index is 12.2. The number of ether oxygens (including phenoxy) is 2. The van der Waals surface area contributed by atoms with Crippen LogP contribution in [0.5, 0.6) is 11.5 Å². The Morgan fingerprint density at radius 2 is 1.69 bits per heavy atom. The van der Waals surface area contributed by atoms with Gasteiger partial charge in [-0.3, -0.25) is 9.59 Å². The lowest BCUT2D eigenvalue weighted by molar-refractivity contribution is -0.172. The summed E-state index contributed by atoms with van der Waals surface area (Å²) in [6, 6.07) is 3.27. The van der Waals surface area contributed by atoms with E-state index in [0.717, 1.165) is 0 Å². The molecule has 1 aromatic carbocycles. The van der Waals surface area contributed by atoms with Gasteiger partial charge in [-0.05, 0) is 58.2 Å². The monoisotopic (exact) mass is 367 g/mol. The van der Waals surface area contributed by atoms with Gasteiger partial charge in [0.2, 0.25) is 0 Å². The molecule has 1 rings (SSSR count). The Morgan fingerprint density at radius 1 is 1.12 bits per heavy atom. The molecular formula is C19H29NO6. The predicted octanol–water partition coefficient (Wildman–Crippen LogP) is 2.27. The predicted molar refractivity (Wildman–Crippen MR) is 96.6 cm³/mol.